The molecule has 1 aromatic rings. The maximum absolute atomic E-state index is 12.9. The topological polar surface area (TPSA) is 195 Å². The van der Waals surface area contributed by atoms with E-state index in [-0.39, 0.29) is 23.5 Å². The molecule has 0 spiro atoms. The van der Waals surface area contributed by atoms with Gasteiger partial charge in [0.1, 0.15) is 43.0 Å². The van der Waals surface area contributed by atoms with Gasteiger partial charge in [0.05, 0.1) is 11.8 Å². The summed E-state index contributed by atoms with van der Waals surface area (Å²) in [5, 5.41) is 42.6. The van der Waals surface area contributed by atoms with E-state index in [1.54, 1.807) is 12.2 Å². The van der Waals surface area contributed by atoms with Gasteiger partial charge in [0.25, 0.3) is 0 Å². The molecular weight excluding hydrogens is 592 g/mol. The average Bonchev–Trinajstić information content (AvgIpc) is 3.77. The predicted octanol–water partition coefficient (Wildman–Crippen LogP) is 1.30. The molecule has 13 heteroatoms. The molecule has 45 heavy (non-hydrogen) atoms. The second-order valence-corrected chi connectivity index (χ2v) is 11.4. The van der Waals surface area contributed by atoms with Crippen LogP contribution in [0.15, 0.2) is 54.7 Å². The number of aliphatic hydroxyl groups is 3. The van der Waals surface area contributed by atoms with Crippen LogP contribution in [0.2, 0.25) is 0 Å². The smallest absolute Gasteiger partial charge is 0.350 e. The largest absolute Gasteiger partial charge is 0.508 e. The minimum atomic E-state index is -2.45. The summed E-state index contributed by atoms with van der Waals surface area (Å²) in [5.74, 6) is -4.42. The normalized spacial score (nSPS) is 32.3. The highest BCUT2D eigenvalue weighted by Crippen LogP contribution is 2.32. The number of ether oxygens (including phenoxy) is 5. The number of ketones is 1. The second kappa shape index (κ2) is 13.9. The molecule has 8 unspecified atom stereocenters. The molecule has 0 aromatic heterocycles. The number of carbonyl (C=O) groups is 4. The van der Waals surface area contributed by atoms with Crippen molar-refractivity contribution >= 4 is 23.7 Å². The van der Waals surface area contributed by atoms with Crippen LogP contribution in [-0.4, -0.2) is 87.0 Å². The molecule has 1 fully saturated rings. The van der Waals surface area contributed by atoms with E-state index in [2.05, 4.69) is 0 Å². The molecule has 13 nitrogen and oxygen atoms in total. The summed E-state index contributed by atoms with van der Waals surface area (Å²) < 4.78 is 28.1. The van der Waals surface area contributed by atoms with Crippen LogP contribution in [0.1, 0.15) is 44.1 Å². The highest BCUT2D eigenvalue weighted by molar-refractivity contribution is 6.09. The summed E-state index contributed by atoms with van der Waals surface area (Å²) in [6, 6.07) is 3.77. The third-order valence-electron chi connectivity index (χ3n) is 8.20. The average molecular weight is 629 g/mol. The molecule has 8 atom stereocenters. The number of aliphatic hydroxyl groups excluding tert-OH is 2. The molecule has 1 heterocycles. The predicted molar refractivity (Wildman–Crippen MR) is 152 cm³/mol. The van der Waals surface area contributed by atoms with Crippen molar-refractivity contribution in [2.45, 2.75) is 81.4 Å². The van der Waals surface area contributed by atoms with Crippen molar-refractivity contribution < 1.29 is 63.3 Å². The molecule has 0 saturated carbocycles. The quantitative estimate of drug-likeness (QED) is 0.125. The zero-order valence-corrected chi connectivity index (χ0v) is 24.4. The first-order valence-corrected chi connectivity index (χ1v) is 14.9. The first kappa shape index (κ1) is 32.4. The minimum Gasteiger partial charge on any atom is -0.508 e. The van der Waals surface area contributed by atoms with Crippen LogP contribution in [0.25, 0.3) is 0 Å². The van der Waals surface area contributed by atoms with Crippen LogP contribution in [-0.2, 0) is 44.7 Å². The number of allylic oxidation sites excluding steroid dienone is 3. The monoisotopic (exact) mass is 628 g/mol. The molecule has 1 aromatic carbocycles. The van der Waals surface area contributed by atoms with Gasteiger partial charge in [-0.3, -0.25) is 14.4 Å². The van der Waals surface area contributed by atoms with Crippen molar-refractivity contribution in [3.05, 3.63) is 60.2 Å². The lowest BCUT2D eigenvalue weighted by Gasteiger charge is -2.42. The van der Waals surface area contributed by atoms with E-state index in [4.69, 9.17) is 23.7 Å². The SMILES string of the molecule is O=C(OCC1OC(Oc2ccc(O)cc2COC(=O)C2(O)C=CCCC2=O)C(OC(=O)C2C=CCC2)C(O)C1O)C1C=CCC1. The van der Waals surface area contributed by atoms with Crippen LogP contribution < -0.4 is 4.74 Å². The Balaban J connectivity index is 1.34. The number of carbonyl (C=O) groups excluding carboxylic acids is 4. The van der Waals surface area contributed by atoms with Gasteiger partial charge in [0.2, 0.25) is 11.9 Å². The van der Waals surface area contributed by atoms with Gasteiger partial charge in [-0.15, -0.1) is 0 Å². The molecule has 5 rings (SSSR count). The summed E-state index contributed by atoms with van der Waals surface area (Å²) in [6.07, 6.45) is 4.75. The molecule has 4 aliphatic rings. The van der Waals surface area contributed by atoms with Crippen molar-refractivity contribution in [2.75, 3.05) is 6.61 Å². The van der Waals surface area contributed by atoms with Crippen molar-refractivity contribution in [1.82, 2.24) is 0 Å². The van der Waals surface area contributed by atoms with Crippen molar-refractivity contribution in [3.63, 3.8) is 0 Å². The Morgan fingerprint density at radius 3 is 2.31 bits per heavy atom. The highest BCUT2D eigenvalue weighted by atomic mass is 16.7. The van der Waals surface area contributed by atoms with E-state index in [9.17, 15) is 39.6 Å². The van der Waals surface area contributed by atoms with Gasteiger partial charge in [-0.1, -0.05) is 30.4 Å². The van der Waals surface area contributed by atoms with Crippen LogP contribution in [0.4, 0.5) is 0 Å². The molecular formula is C32H36O13. The van der Waals surface area contributed by atoms with E-state index in [0.29, 0.717) is 25.7 Å². The molecule has 3 aliphatic carbocycles. The minimum absolute atomic E-state index is 0.0413. The Bertz CT molecular complexity index is 1380. The third kappa shape index (κ3) is 7.28. The van der Waals surface area contributed by atoms with Gasteiger partial charge < -0.3 is 44.1 Å². The molecule has 4 N–H and O–H groups in total. The Morgan fingerprint density at radius 1 is 0.933 bits per heavy atom. The van der Waals surface area contributed by atoms with Crippen molar-refractivity contribution in [2.24, 2.45) is 11.8 Å². The van der Waals surface area contributed by atoms with E-state index < -0.39 is 85.0 Å². The van der Waals surface area contributed by atoms with Crippen molar-refractivity contribution in [3.8, 4) is 11.5 Å². The maximum atomic E-state index is 12.9. The number of hydrogen-bond donors (Lipinski definition) is 4. The van der Waals surface area contributed by atoms with Crippen LogP contribution in [0, 0.1) is 11.8 Å². The summed E-state index contributed by atoms with van der Waals surface area (Å²) in [4.78, 5) is 50.3. The summed E-state index contributed by atoms with van der Waals surface area (Å²) in [5.41, 5.74) is -2.38. The Morgan fingerprint density at radius 2 is 1.64 bits per heavy atom. The first-order chi connectivity index (χ1) is 21.6. The molecule has 0 radical (unpaired) electrons. The number of benzene rings is 1. The first-order valence-electron chi connectivity index (χ1n) is 14.9. The van der Waals surface area contributed by atoms with E-state index in [1.807, 2.05) is 12.2 Å². The summed E-state index contributed by atoms with van der Waals surface area (Å²) >= 11 is 0. The number of rotatable bonds is 10. The third-order valence-corrected chi connectivity index (χ3v) is 8.20. The highest BCUT2D eigenvalue weighted by Gasteiger charge is 2.49. The van der Waals surface area contributed by atoms with Gasteiger partial charge in [0, 0.05) is 12.0 Å². The number of phenolic OH excluding ortho intramolecular Hbond substituents is 1. The fourth-order valence-electron chi connectivity index (χ4n) is 5.52. The fourth-order valence-corrected chi connectivity index (χ4v) is 5.52. The van der Waals surface area contributed by atoms with E-state index in [1.165, 1.54) is 24.3 Å². The Labute approximate surface area is 258 Å². The van der Waals surface area contributed by atoms with Crippen LogP contribution >= 0.6 is 0 Å². The lowest BCUT2D eigenvalue weighted by Crippen LogP contribution is -2.61. The van der Waals surface area contributed by atoms with Crippen molar-refractivity contribution in [1.29, 1.82) is 0 Å². The standard InChI is InChI=1S/C32H36O13/c33-21-12-13-22(20(15-21)16-42-31(39)32(40)14-6-5-11-24(32)34)43-30-27(45-29(38)19-9-3-4-10-19)26(36)25(35)23(44-30)17-41-28(37)18-7-1-2-8-18/h1,3,6-7,9,12-15,18-19,23,25-27,30,33,35-36,40H,2,4-5,8,10-11,16-17H2. The van der Waals surface area contributed by atoms with Crippen LogP contribution in [0.5, 0.6) is 11.5 Å². The second-order valence-electron chi connectivity index (χ2n) is 11.4. The number of esters is 3. The summed E-state index contributed by atoms with van der Waals surface area (Å²) in [6.45, 7) is -0.995. The molecule has 0 bridgehead atoms. The van der Waals surface area contributed by atoms with E-state index >= 15 is 0 Å². The maximum Gasteiger partial charge on any atom is 0.350 e. The lowest BCUT2D eigenvalue weighted by atomic mass is 9.90. The van der Waals surface area contributed by atoms with Gasteiger partial charge in [0.15, 0.2) is 11.9 Å². The van der Waals surface area contributed by atoms with Gasteiger partial charge in [-0.05, 0) is 56.4 Å². The van der Waals surface area contributed by atoms with Crippen LogP contribution in [0.3, 0.4) is 0 Å². The zero-order chi connectivity index (χ0) is 32.1. The van der Waals surface area contributed by atoms with Gasteiger partial charge in [-0.2, -0.15) is 0 Å². The number of aromatic hydroxyl groups is 1. The van der Waals surface area contributed by atoms with Gasteiger partial charge in [-0.25, -0.2) is 4.79 Å². The van der Waals surface area contributed by atoms with Gasteiger partial charge >= 0.3 is 17.9 Å². The number of Topliss-reactive ketones (excluding diaryl/α,β-unsaturated/α-hetero) is 1. The Hall–Kier alpha value is -4.04. The molecule has 1 saturated heterocycles. The lowest BCUT2D eigenvalue weighted by molar-refractivity contribution is -0.284. The molecule has 0 amide bonds. The fraction of sp³-hybridized carbons (Fsp3) is 0.500. The summed E-state index contributed by atoms with van der Waals surface area (Å²) in [7, 11) is 0. The molecule has 1 aliphatic heterocycles. The number of hydrogen-bond acceptors (Lipinski definition) is 13. The molecule has 242 valence electrons. The Kier molecular flexibility index (Phi) is 10.0. The van der Waals surface area contributed by atoms with E-state index in [0.717, 1.165) is 12.5 Å². The zero-order valence-electron chi connectivity index (χ0n) is 24.4. The number of phenols is 1.